The quantitative estimate of drug-likeness (QED) is 0.283. The molecule has 36 heavy (non-hydrogen) atoms. The van der Waals surface area contributed by atoms with Gasteiger partial charge in [-0.1, -0.05) is 99.2 Å². The molecule has 2 saturated carbocycles. The van der Waals surface area contributed by atoms with Gasteiger partial charge in [-0.25, -0.2) is 0 Å². The predicted molar refractivity (Wildman–Crippen MR) is 157 cm³/mol. The Morgan fingerprint density at radius 1 is 0.472 bits per heavy atom. The Hall–Kier alpha value is -3.00. The first-order valence-corrected chi connectivity index (χ1v) is 14.2. The Morgan fingerprint density at radius 3 is 1.28 bits per heavy atom. The fourth-order valence-electron chi connectivity index (χ4n) is 6.96. The van der Waals surface area contributed by atoms with Gasteiger partial charge < -0.3 is 9.80 Å². The minimum absolute atomic E-state index is 0.619. The molecule has 2 fully saturated rings. The molecule has 186 valence electrons. The van der Waals surface area contributed by atoms with Crippen molar-refractivity contribution in [2.45, 2.75) is 76.3 Å². The zero-order chi connectivity index (χ0) is 24.5. The molecule has 2 heteroatoms. The molecule has 0 aromatic heterocycles. The lowest BCUT2D eigenvalue weighted by molar-refractivity contribution is 0.427. The molecule has 0 unspecified atom stereocenters. The molecule has 0 spiro atoms. The van der Waals surface area contributed by atoms with Crippen molar-refractivity contribution < 1.29 is 0 Å². The van der Waals surface area contributed by atoms with Gasteiger partial charge in [0, 0.05) is 48.7 Å². The monoisotopic (exact) mass is 476 g/mol. The molecule has 2 nitrogen and oxygen atoms in total. The summed E-state index contributed by atoms with van der Waals surface area (Å²) in [6.45, 7) is 0. The van der Waals surface area contributed by atoms with Crippen LogP contribution in [0.15, 0.2) is 72.8 Å². The summed E-state index contributed by atoms with van der Waals surface area (Å²) < 4.78 is 0. The van der Waals surface area contributed by atoms with Crippen LogP contribution >= 0.6 is 0 Å². The molecule has 2 aliphatic carbocycles. The average Bonchev–Trinajstić information content (AvgIpc) is 2.96. The first kappa shape index (κ1) is 23.4. The van der Waals surface area contributed by atoms with Gasteiger partial charge in [-0.3, -0.25) is 0 Å². The molecule has 2 aliphatic rings. The van der Waals surface area contributed by atoms with E-state index in [1.54, 1.807) is 0 Å². The van der Waals surface area contributed by atoms with Crippen molar-refractivity contribution >= 4 is 32.9 Å². The highest BCUT2D eigenvalue weighted by molar-refractivity contribution is 6.13. The molecule has 0 atom stereocenters. The first-order chi connectivity index (χ1) is 17.7. The Morgan fingerprint density at radius 2 is 0.861 bits per heavy atom. The minimum Gasteiger partial charge on any atom is -0.371 e. The van der Waals surface area contributed by atoms with Gasteiger partial charge >= 0.3 is 0 Å². The van der Waals surface area contributed by atoms with E-state index in [-0.39, 0.29) is 0 Å². The summed E-state index contributed by atoms with van der Waals surface area (Å²) in [5.74, 6) is 0. The van der Waals surface area contributed by atoms with Crippen LogP contribution in [-0.4, -0.2) is 26.2 Å². The third kappa shape index (κ3) is 4.25. The molecule has 0 saturated heterocycles. The Balaban J connectivity index is 1.62. The molecular weight excluding hydrogens is 436 g/mol. The number of benzene rings is 4. The highest BCUT2D eigenvalue weighted by Gasteiger charge is 2.27. The number of fused-ring (bicyclic) bond motifs is 2. The van der Waals surface area contributed by atoms with Crippen LogP contribution in [0.2, 0.25) is 0 Å². The van der Waals surface area contributed by atoms with E-state index in [1.807, 2.05) is 0 Å². The predicted octanol–water partition coefficient (Wildman–Crippen LogP) is 9.20. The van der Waals surface area contributed by atoms with E-state index in [4.69, 9.17) is 0 Å². The molecule has 0 N–H and O–H groups in total. The molecule has 6 rings (SSSR count). The van der Waals surface area contributed by atoms with Gasteiger partial charge in [0.2, 0.25) is 0 Å². The second-order valence-electron chi connectivity index (χ2n) is 11.2. The van der Waals surface area contributed by atoms with Crippen LogP contribution in [-0.2, 0) is 0 Å². The third-order valence-electron chi connectivity index (χ3n) is 9.07. The number of rotatable bonds is 5. The van der Waals surface area contributed by atoms with Gasteiger partial charge in [-0.15, -0.1) is 0 Å². The summed E-state index contributed by atoms with van der Waals surface area (Å²) in [5.41, 5.74) is 5.59. The third-order valence-corrected chi connectivity index (χ3v) is 9.07. The van der Waals surface area contributed by atoms with Crippen molar-refractivity contribution in [1.82, 2.24) is 0 Å². The zero-order valence-corrected chi connectivity index (χ0v) is 22.0. The summed E-state index contributed by atoms with van der Waals surface area (Å²) in [6.07, 6.45) is 13.4. The molecule has 4 aromatic carbocycles. The Bertz CT molecular complexity index is 1240. The summed E-state index contributed by atoms with van der Waals surface area (Å²) in [6, 6.07) is 28.7. The highest BCUT2D eigenvalue weighted by Crippen LogP contribution is 2.47. The van der Waals surface area contributed by atoms with Gasteiger partial charge in [0.1, 0.15) is 0 Å². The van der Waals surface area contributed by atoms with Gasteiger partial charge in [0.15, 0.2) is 0 Å². The van der Waals surface area contributed by atoms with E-state index in [9.17, 15) is 0 Å². The van der Waals surface area contributed by atoms with Crippen LogP contribution in [0.5, 0.6) is 0 Å². The molecule has 0 heterocycles. The number of hydrogen-bond acceptors (Lipinski definition) is 2. The standard InChI is InChI=1S/C34H40N2/c1-35(27-15-5-3-6-16-27)31-23-21-25-13-9-11-19-29(25)33(31)34-30-20-12-10-14-26(30)22-24-32(34)36(2)28-17-7-4-8-18-28/h9-14,19-24,27-28H,3-8,15-18H2,1-2H3. The fourth-order valence-corrected chi connectivity index (χ4v) is 6.96. The van der Waals surface area contributed by atoms with E-state index >= 15 is 0 Å². The molecule has 0 aliphatic heterocycles. The largest absolute Gasteiger partial charge is 0.371 e. The molecular formula is C34H40N2. The van der Waals surface area contributed by atoms with E-state index in [1.165, 1.54) is 108 Å². The normalized spacial score (nSPS) is 17.5. The topological polar surface area (TPSA) is 6.48 Å². The van der Waals surface area contributed by atoms with Crippen molar-refractivity contribution in [3.63, 3.8) is 0 Å². The Labute approximate surface area is 216 Å². The fraction of sp³-hybridized carbons (Fsp3) is 0.412. The van der Waals surface area contributed by atoms with Gasteiger partial charge in [-0.2, -0.15) is 0 Å². The smallest absolute Gasteiger partial charge is 0.0453 e. The van der Waals surface area contributed by atoms with Gasteiger partial charge in [0.25, 0.3) is 0 Å². The number of anilines is 2. The molecule has 0 amide bonds. The maximum Gasteiger partial charge on any atom is 0.0453 e. The van der Waals surface area contributed by atoms with Crippen LogP contribution in [0.3, 0.4) is 0 Å². The van der Waals surface area contributed by atoms with Crippen LogP contribution in [0.25, 0.3) is 32.7 Å². The highest BCUT2D eigenvalue weighted by atomic mass is 15.1. The second kappa shape index (κ2) is 10.2. The lowest BCUT2D eigenvalue weighted by Crippen LogP contribution is -2.34. The maximum absolute atomic E-state index is 2.62. The van der Waals surface area contributed by atoms with E-state index in [2.05, 4.69) is 96.7 Å². The first-order valence-electron chi connectivity index (χ1n) is 14.2. The molecule has 0 radical (unpaired) electrons. The van der Waals surface area contributed by atoms with Crippen molar-refractivity contribution in [1.29, 1.82) is 0 Å². The summed E-state index contributed by atoms with van der Waals surface area (Å²) in [7, 11) is 4.69. The number of hydrogen-bond donors (Lipinski definition) is 0. The van der Waals surface area contributed by atoms with Crippen LogP contribution < -0.4 is 9.80 Å². The average molecular weight is 477 g/mol. The minimum atomic E-state index is 0.619. The maximum atomic E-state index is 2.62. The van der Waals surface area contributed by atoms with Crippen LogP contribution in [0, 0.1) is 0 Å². The van der Waals surface area contributed by atoms with Crippen molar-refractivity contribution in [2.24, 2.45) is 0 Å². The van der Waals surface area contributed by atoms with E-state index < -0.39 is 0 Å². The van der Waals surface area contributed by atoms with Crippen LogP contribution in [0.1, 0.15) is 64.2 Å². The molecule has 0 bridgehead atoms. The number of nitrogens with zero attached hydrogens (tertiary/aromatic N) is 2. The van der Waals surface area contributed by atoms with Crippen molar-refractivity contribution in [3.05, 3.63) is 72.8 Å². The SMILES string of the molecule is CN(c1ccc2ccccc2c1-c1c(N(C)C2CCCCC2)ccc2ccccc12)C1CCCCC1. The second-order valence-corrected chi connectivity index (χ2v) is 11.2. The lowest BCUT2D eigenvalue weighted by Gasteiger charge is -2.37. The van der Waals surface area contributed by atoms with E-state index in [0.717, 1.165) is 0 Å². The van der Waals surface area contributed by atoms with E-state index in [0.29, 0.717) is 12.1 Å². The van der Waals surface area contributed by atoms with Gasteiger partial charge in [0.05, 0.1) is 0 Å². The summed E-state index contributed by atoms with van der Waals surface area (Å²) in [4.78, 5) is 5.24. The lowest BCUT2D eigenvalue weighted by atomic mass is 9.87. The van der Waals surface area contributed by atoms with Crippen molar-refractivity contribution in [3.8, 4) is 11.1 Å². The summed E-state index contributed by atoms with van der Waals surface area (Å²) >= 11 is 0. The molecule has 4 aromatic rings. The summed E-state index contributed by atoms with van der Waals surface area (Å²) in [5, 5.41) is 5.39. The van der Waals surface area contributed by atoms with Crippen LogP contribution in [0.4, 0.5) is 11.4 Å². The van der Waals surface area contributed by atoms with Crippen molar-refractivity contribution in [2.75, 3.05) is 23.9 Å². The zero-order valence-electron chi connectivity index (χ0n) is 22.0. The van der Waals surface area contributed by atoms with Gasteiger partial charge in [-0.05, 0) is 59.4 Å². The Kier molecular flexibility index (Phi) is 6.61.